The lowest BCUT2D eigenvalue weighted by Crippen LogP contribution is -2.51. The van der Waals surface area contributed by atoms with Gasteiger partial charge in [-0.1, -0.05) is 0 Å². The third-order valence-electron chi connectivity index (χ3n) is 6.75. The summed E-state index contributed by atoms with van der Waals surface area (Å²) in [6.07, 6.45) is 4.06. The Morgan fingerprint density at radius 2 is 1.63 bits per heavy atom. The number of hydrogen-bond acceptors (Lipinski definition) is 4. The van der Waals surface area contributed by atoms with Gasteiger partial charge in [-0.25, -0.2) is 21.6 Å². The van der Waals surface area contributed by atoms with Gasteiger partial charge in [0.2, 0.25) is 15.9 Å². The molecule has 1 unspecified atom stereocenters. The Kier molecular flexibility index (Phi) is 7.70. The molecule has 2 saturated heterocycles. The highest BCUT2D eigenvalue weighted by Gasteiger charge is 2.43. The van der Waals surface area contributed by atoms with Gasteiger partial charge in [0.15, 0.2) is 11.6 Å². The lowest BCUT2D eigenvalue weighted by molar-refractivity contribution is -0.136. The molecule has 0 aromatic heterocycles. The first-order valence-electron chi connectivity index (χ1n) is 11.8. The van der Waals surface area contributed by atoms with Gasteiger partial charge in [0.05, 0.1) is 11.5 Å². The minimum absolute atomic E-state index is 0.00486. The zero-order valence-corrected chi connectivity index (χ0v) is 20.2. The van der Waals surface area contributed by atoms with E-state index in [0.29, 0.717) is 37.7 Å². The predicted octanol–water partition coefficient (Wildman–Crippen LogP) is 4.36. The van der Waals surface area contributed by atoms with Crippen molar-refractivity contribution in [1.29, 1.82) is 0 Å². The number of amides is 1. The molecule has 2 heterocycles. The number of benzene rings is 2. The van der Waals surface area contributed by atoms with E-state index in [4.69, 9.17) is 4.74 Å². The van der Waals surface area contributed by atoms with Crippen LogP contribution in [0.4, 0.5) is 13.2 Å². The summed E-state index contributed by atoms with van der Waals surface area (Å²) in [7, 11) is -4.12. The van der Waals surface area contributed by atoms with Crippen LogP contribution in [0.15, 0.2) is 47.4 Å². The van der Waals surface area contributed by atoms with Gasteiger partial charge in [-0.3, -0.25) is 4.79 Å². The zero-order valence-electron chi connectivity index (χ0n) is 19.4. The molecule has 190 valence electrons. The van der Waals surface area contributed by atoms with Crippen LogP contribution in [0, 0.1) is 22.9 Å². The van der Waals surface area contributed by atoms with E-state index in [1.54, 1.807) is 0 Å². The van der Waals surface area contributed by atoms with Crippen LogP contribution < -0.4 is 4.74 Å². The van der Waals surface area contributed by atoms with E-state index in [1.807, 2.05) is 4.90 Å². The van der Waals surface area contributed by atoms with Crippen molar-refractivity contribution < 1.29 is 31.1 Å². The number of hydrogen-bond donors (Lipinski definition) is 0. The van der Waals surface area contributed by atoms with E-state index < -0.39 is 32.9 Å². The van der Waals surface area contributed by atoms with Crippen LogP contribution in [-0.4, -0.2) is 56.3 Å². The van der Waals surface area contributed by atoms with Gasteiger partial charge >= 0.3 is 0 Å². The fourth-order valence-corrected chi connectivity index (χ4v) is 6.41. The number of likely N-dealkylation sites (tertiary alicyclic amines) is 1. The van der Waals surface area contributed by atoms with Crippen LogP contribution in [0.2, 0.25) is 0 Å². The molecular weight excluding hydrogens is 481 g/mol. The second kappa shape index (κ2) is 10.6. The lowest BCUT2D eigenvalue weighted by atomic mass is 9.78. The maximum absolute atomic E-state index is 13.8. The number of carbonyl (C=O) groups is 1. The molecule has 0 radical (unpaired) electrons. The first-order chi connectivity index (χ1) is 16.7. The minimum atomic E-state index is -4.12. The second-order valence-electron chi connectivity index (χ2n) is 9.38. The highest BCUT2D eigenvalue weighted by Crippen LogP contribution is 2.38. The normalized spacial score (nSPS) is 21.6. The summed E-state index contributed by atoms with van der Waals surface area (Å²) in [6, 6.07) is 8.00. The molecule has 2 aliphatic heterocycles. The predicted molar refractivity (Wildman–Crippen MR) is 124 cm³/mol. The molecule has 0 spiro atoms. The van der Waals surface area contributed by atoms with Crippen LogP contribution in [0.25, 0.3) is 0 Å². The van der Waals surface area contributed by atoms with Crippen molar-refractivity contribution in [2.45, 2.75) is 43.4 Å². The first kappa shape index (κ1) is 25.5. The number of ether oxygens (including phenoxy) is 1. The van der Waals surface area contributed by atoms with Gasteiger partial charge in [0.25, 0.3) is 0 Å². The maximum atomic E-state index is 13.8. The van der Waals surface area contributed by atoms with Crippen LogP contribution >= 0.6 is 0 Å². The summed E-state index contributed by atoms with van der Waals surface area (Å²) in [5.74, 6) is -2.42. The third-order valence-corrected chi connectivity index (χ3v) is 8.59. The van der Waals surface area contributed by atoms with Crippen LogP contribution in [0.5, 0.6) is 5.75 Å². The Morgan fingerprint density at radius 1 is 0.914 bits per heavy atom. The Bertz CT molecular complexity index is 1150. The summed E-state index contributed by atoms with van der Waals surface area (Å²) in [4.78, 5) is 14.7. The SMILES string of the molecule is O=C(CC1(COc2ccc(F)cc2)CCCN(S(=O)(=O)c2ccc(F)c(F)c2)C1)N1CCCCC1. The summed E-state index contributed by atoms with van der Waals surface area (Å²) in [5, 5.41) is 0. The van der Waals surface area contributed by atoms with E-state index in [9.17, 15) is 26.4 Å². The summed E-state index contributed by atoms with van der Waals surface area (Å²) in [6.45, 7) is 1.59. The molecule has 10 heteroatoms. The number of piperidine rings is 2. The lowest BCUT2D eigenvalue weighted by Gasteiger charge is -2.42. The van der Waals surface area contributed by atoms with E-state index >= 15 is 0 Å². The van der Waals surface area contributed by atoms with Crippen LogP contribution in [-0.2, 0) is 14.8 Å². The van der Waals surface area contributed by atoms with Gasteiger partial charge in [-0.05, 0) is 74.6 Å². The fraction of sp³-hybridized carbons (Fsp3) is 0.480. The highest BCUT2D eigenvalue weighted by molar-refractivity contribution is 7.89. The molecule has 1 amide bonds. The standard InChI is InChI=1S/C25H29F3N2O4S/c26-19-5-7-20(8-6-19)34-18-25(16-24(31)29-12-2-1-3-13-29)11-4-14-30(17-25)35(32,33)21-9-10-22(27)23(28)15-21/h5-10,15H,1-4,11-14,16-18H2. The molecule has 0 saturated carbocycles. The summed E-state index contributed by atoms with van der Waals surface area (Å²) < 4.78 is 74.2. The molecule has 2 aromatic carbocycles. The molecule has 2 aliphatic rings. The topological polar surface area (TPSA) is 66.9 Å². The Labute approximate surface area is 203 Å². The van der Waals surface area contributed by atoms with Gasteiger partial charge in [-0.15, -0.1) is 0 Å². The second-order valence-corrected chi connectivity index (χ2v) is 11.3. The fourth-order valence-electron chi connectivity index (χ4n) is 4.81. The molecular formula is C25H29F3N2O4S. The third kappa shape index (κ3) is 5.98. The molecule has 1 atom stereocenters. The van der Waals surface area contributed by atoms with Crippen molar-refractivity contribution in [3.63, 3.8) is 0 Å². The number of carbonyl (C=O) groups excluding carboxylic acids is 1. The molecule has 0 N–H and O–H groups in total. The number of nitrogens with zero attached hydrogens (tertiary/aromatic N) is 2. The molecule has 4 rings (SSSR count). The smallest absolute Gasteiger partial charge is 0.243 e. The number of halogens is 3. The molecule has 35 heavy (non-hydrogen) atoms. The molecule has 6 nitrogen and oxygen atoms in total. The summed E-state index contributed by atoms with van der Waals surface area (Å²) in [5.41, 5.74) is -0.827. The molecule has 0 bridgehead atoms. The average Bonchev–Trinajstić information content (AvgIpc) is 2.86. The van der Waals surface area contributed by atoms with Crippen molar-refractivity contribution in [2.75, 3.05) is 32.8 Å². The Hall–Kier alpha value is -2.59. The van der Waals surface area contributed by atoms with Crippen LogP contribution in [0.1, 0.15) is 38.5 Å². The highest BCUT2D eigenvalue weighted by atomic mass is 32.2. The largest absolute Gasteiger partial charge is 0.493 e. The van der Waals surface area contributed by atoms with Crippen molar-refractivity contribution in [3.05, 3.63) is 59.9 Å². The number of sulfonamides is 1. The van der Waals surface area contributed by atoms with Crippen molar-refractivity contribution in [3.8, 4) is 5.75 Å². The molecule has 2 fully saturated rings. The van der Waals surface area contributed by atoms with E-state index in [-0.39, 0.29) is 36.9 Å². The minimum Gasteiger partial charge on any atom is -0.493 e. The van der Waals surface area contributed by atoms with Crippen molar-refractivity contribution in [2.24, 2.45) is 5.41 Å². The monoisotopic (exact) mass is 510 g/mol. The van der Waals surface area contributed by atoms with Gasteiger partial charge in [0, 0.05) is 38.0 Å². The number of rotatable bonds is 7. The van der Waals surface area contributed by atoms with Crippen LogP contribution in [0.3, 0.4) is 0 Å². The van der Waals surface area contributed by atoms with E-state index in [2.05, 4.69) is 0 Å². The van der Waals surface area contributed by atoms with Gasteiger partial charge in [-0.2, -0.15) is 4.31 Å². The zero-order chi connectivity index (χ0) is 25.1. The molecule has 0 aliphatic carbocycles. The Balaban J connectivity index is 1.58. The summed E-state index contributed by atoms with van der Waals surface area (Å²) >= 11 is 0. The average molecular weight is 511 g/mol. The quantitative estimate of drug-likeness (QED) is 0.555. The van der Waals surface area contributed by atoms with Crippen molar-refractivity contribution >= 4 is 15.9 Å². The van der Waals surface area contributed by atoms with E-state index in [1.165, 1.54) is 28.6 Å². The molecule has 2 aromatic rings. The van der Waals surface area contributed by atoms with E-state index in [0.717, 1.165) is 31.4 Å². The maximum Gasteiger partial charge on any atom is 0.243 e. The first-order valence-corrected chi connectivity index (χ1v) is 13.2. The van der Waals surface area contributed by atoms with Gasteiger partial charge in [0.1, 0.15) is 11.6 Å². The van der Waals surface area contributed by atoms with Crippen molar-refractivity contribution in [1.82, 2.24) is 9.21 Å². The Morgan fingerprint density at radius 3 is 2.31 bits per heavy atom. The van der Waals surface area contributed by atoms with Gasteiger partial charge < -0.3 is 9.64 Å².